The van der Waals surface area contributed by atoms with Gasteiger partial charge >= 0.3 is 0 Å². The molecular formula is C13H16BrN3O2S. The van der Waals surface area contributed by atoms with Crippen LogP contribution in [0.3, 0.4) is 0 Å². The van der Waals surface area contributed by atoms with Crippen molar-refractivity contribution < 1.29 is 9.63 Å². The van der Waals surface area contributed by atoms with E-state index in [1.54, 1.807) is 18.7 Å². The van der Waals surface area contributed by atoms with Crippen LogP contribution in [0.5, 0.6) is 0 Å². The molecule has 20 heavy (non-hydrogen) atoms. The largest absolute Gasteiger partial charge is 0.388 e. The second-order valence-electron chi connectivity index (χ2n) is 4.70. The third kappa shape index (κ3) is 4.31. The third-order valence-electron chi connectivity index (χ3n) is 2.68. The molecule has 0 radical (unpaired) electrons. The van der Waals surface area contributed by atoms with Gasteiger partial charge < -0.3 is 15.4 Å². The predicted octanol–water partition coefficient (Wildman–Crippen LogP) is 2.38. The van der Waals surface area contributed by atoms with Gasteiger partial charge in [-0.3, -0.25) is 0 Å². The molecular weight excluding hydrogens is 342 g/mol. The molecule has 1 unspecified atom stereocenters. The fraction of sp³-hybridized carbons (Fsp3) is 0.385. The Bertz CT molecular complexity index is 574. The highest BCUT2D eigenvalue weighted by molar-refractivity contribution is 9.10. The summed E-state index contributed by atoms with van der Waals surface area (Å²) in [6.45, 7) is 1.79. The van der Waals surface area contributed by atoms with E-state index in [1.165, 1.54) is 0 Å². The Morgan fingerprint density at radius 3 is 2.90 bits per heavy atom. The second kappa shape index (κ2) is 6.71. The molecule has 1 heterocycles. The van der Waals surface area contributed by atoms with Crippen LogP contribution in [0.2, 0.25) is 0 Å². The molecule has 0 saturated carbocycles. The Balaban J connectivity index is 1.95. The zero-order chi connectivity index (χ0) is 14.6. The molecule has 1 aromatic carbocycles. The second-order valence-corrected chi connectivity index (χ2v) is 6.57. The van der Waals surface area contributed by atoms with Crippen LogP contribution in [0, 0.1) is 0 Å². The summed E-state index contributed by atoms with van der Waals surface area (Å²) in [5.41, 5.74) is 4.45. The van der Waals surface area contributed by atoms with E-state index in [2.05, 4.69) is 26.1 Å². The molecule has 2 aromatic rings. The van der Waals surface area contributed by atoms with Gasteiger partial charge in [0.2, 0.25) is 5.89 Å². The number of halogens is 1. The average molecular weight is 358 g/mol. The summed E-state index contributed by atoms with van der Waals surface area (Å²) < 4.78 is 6.16. The third-order valence-corrected chi connectivity index (χ3v) is 4.70. The number of nitrogens with zero attached hydrogens (tertiary/aromatic N) is 2. The number of aliphatic hydroxyl groups is 1. The van der Waals surface area contributed by atoms with Gasteiger partial charge in [-0.05, 0) is 35.0 Å². The first-order valence-electron chi connectivity index (χ1n) is 6.11. The highest BCUT2D eigenvalue weighted by atomic mass is 79.9. The van der Waals surface area contributed by atoms with Gasteiger partial charge in [-0.25, -0.2) is 0 Å². The van der Waals surface area contributed by atoms with E-state index in [0.29, 0.717) is 17.5 Å². The average Bonchev–Trinajstić information content (AvgIpc) is 2.85. The van der Waals surface area contributed by atoms with Crippen molar-refractivity contribution in [1.82, 2.24) is 10.1 Å². The molecule has 0 saturated heterocycles. The van der Waals surface area contributed by atoms with Crippen LogP contribution < -0.4 is 5.73 Å². The summed E-state index contributed by atoms with van der Waals surface area (Å²) in [7, 11) is 0. The number of hydrogen-bond acceptors (Lipinski definition) is 6. The lowest BCUT2D eigenvalue weighted by atomic mass is 10.0. The zero-order valence-corrected chi connectivity index (χ0v) is 13.4. The number of rotatable bonds is 6. The van der Waals surface area contributed by atoms with Gasteiger partial charge in [-0.15, -0.1) is 11.8 Å². The Hall–Kier alpha value is -0.890. The van der Waals surface area contributed by atoms with Crippen LogP contribution in [-0.4, -0.2) is 27.4 Å². The molecule has 7 heteroatoms. The van der Waals surface area contributed by atoms with Crippen molar-refractivity contribution in [2.75, 3.05) is 6.54 Å². The standard InChI is InChI=1S/C13H16BrN3O2S/c1-13(18,8-15)6-12-16-11(17-19-12)7-20-10-5-3-2-4-9(10)14/h2-5,18H,6-8,15H2,1H3. The van der Waals surface area contributed by atoms with E-state index in [0.717, 1.165) is 9.37 Å². The highest BCUT2D eigenvalue weighted by Crippen LogP contribution is 2.29. The van der Waals surface area contributed by atoms with Crippen molar-refractivity contribution in [3.63, 3.8) is 0 Å². The molecule has 1 atom stereocenters. The van der Waals surface area contributed by atoms with Crippen molar-refractivity contribution in [1.29, 1.82) is 0 Å². The lowest BCUT2D eigenvalue weighted by Gasteiger charge is -2.17. The number of benzene rings is 1. The summed E-state index contributed by atoms with van der Waals surface area (Å²) in [6.07, 6.45) is 0.260. The fourth-order valence-corrected chi connectivity index (χ4v) is 2.93. The first kappa shape index (κ1) is 15.5. The Kier molecular flexibility index (Phi) is 5.20. The van der Waals surface area contributed by atoms with Crippen LogP contribution >= 0.6 is 27.7 Å². The topological polar surface area (TPSA) is 85.2 Å². The van der Waals surface area contributed by atoms with Crippen molar-refractivity contribution in [3.8, 4) is 0 Å². The van der Waals surface area contributed by atoms with Gasteiger partial charge in [0.15, 0.2) is 5.82 Å². The van der Waals surface area contributed by atoms with E-state index in [4.69, 9.17) is 10.3 Å². The van der Waals surface area contributed by atoms with E-state index in [-0.39, 0.29) is 13.0 Å². The molecule has 108 valence electrons. The monoisotopic (exact) mass is 357 g/mol. The van der Waals surface area contributed by atoms with Crippen molar-refractivity contribution in [2.45, 2.75) is 29.6 Å². The summed E-state index contributed by atoms with van der Waals surface area (Å²) >= 11 is 5.11. The van der Waals surface area contributed by atoms with Gasteiger partial charge in [0, 0.05) is 15.9 Å². The minimum atomic E-state index is -1.01. The van der Waals surface area contributed by atoms with Gasteiger partial charge in [-0.1, -0.05) is 17.3 Å². The summed E-state index contributed by atoms with van der Waals surface area (Å²) in [5.74, 6) is 1.62. The molecule has 5 nitrogen and oxygen atoms in total. The van der Waals surface area contributed by atoms with Crippen LogP contribution in [0.25, 0.3) is 0 Å². The first-order chi connectivity index (χ1) is 9.50. The number of hydrogen-bond donors (Lipinski definition) is 2. The molecule has 0 amide bonds. The molecule has 0 aliphatic rings. The minimum Gasteiger partial charge on any atom is -0.388 e. The van der Waals surface area contributed by atoms with Crippen LogP contribution in [-0.2, 0) is 12.2 Å². The maximum Gasteiger partial charge on any atom is 0.229 e. The first-order valence-corrected chi connectivity index (χ1v) is 7.89. The lowest BCUT2D eigenvalue weighted by Crippen LogP contribution is -2.36. The Labute approximate surface area is 130 Å². The normalized spacial score (nSPS) is 14.2. The van der Waals surface area contributed by atoms with Crippen LogP contribution in [0.1, 0.15) is 18.6 Å². The van der Waals surface area contributed by atoms with Crippen LogP contribution in [0.15, 0.2) is 38.2 Å². The lowest BCUT2D eigenvalue weighted by molar-refractivity contribution is 0.0610. The maximum atomic E-state index is 9.87. The van der Waals surface area contributed by atoms with Gasteiger partial charge in [0.05, 0.1) is 17.8 Å². The van der Waals surface area contributed by atoms with Gasteiger partial charge in [0.1, 0.15) is 0 Å². The fourth-order valence-electron chi connectivity index (χ4n) is 1.52. The van der Waals surface area contributed by atoms with Crippen molar-refractivity contribution in [2.24, 2.45) is 5.73 Å². The van der Waals surface area contributed by atoms with Gasteiger partial charge in [-0.2, -0.15) is 4.98 Å². The zero-order valence-electron chi connectivity index (χ0n) is 11.0. The maximum absolute atomic E-state index is 9.87. The van der Waals surface area contributed by atoms with Gasteiger partial charge in [0.25, 0.3) is 0 Å². The molecule has 2 rings (SSSR count). The number of nitrogens with two attached hydrogens (primary N) is 1. The summed E-state index contributed by atoms with van der Waals surface area (Å²) in [6, 6.07) is 7.96. The van der Waals surface area contributed by atoms with E-state index in [9.17, 15) is 5.11 Å². The predicted molar refractivity (Wildman–Crippen MR) is 81.4 cm³/mol. The Morgan fingerprint density at radius 1 is 1.45 bits per heavy atom. The van der Waals surface area contributed by atoms with Crippen molar-refractivity contribution >= 4 is 27.7 Å². The highest BCUT2D eigenvalue weighted by Gasteiger charge is 2.22. The minimum absolute atomic E-state index is 0.149. The molecule has 3 N–H and O–H groups in total. The van der Waals surface area contributed by atoms with Crippen LogP contribution in [0.4, 0.5) is 0 Å². The summed E-state index contributed by atoms with van der Waals surface area (Å²) in [4.78, 5) is 5.38. The van der Waals surface area contributed by atoms with Crippen molar-refractivity contribution in [3.05, 3.63) is 40.5 Å². The number of aromatic nitrogens is 2. The number of thioether (sulfide) groups is 1. The molecule has 0 fully saturated rings. The molecule has 0 aliphatic heterocycles. The molecule has 0 aliphatic carbocycles. The molecule has 0 spiro atoms. The molecule has 1 aromatic heterocycles. The van der Waals surface area contributed by atoms with E-state index < -0.39 is 5.60 Å². The summed E-state index contributed by atoms with van der Waals surface area (Å²) in [5, 5.41) is 13.8. The quantitative estimate of drug-likeness (QED) is 0.772. The Morgan fingerprint density at radius 2 is 2.20 bits per heavy atom. The van der Waals surface area contributed by atoms with E-state index in [1.807, 2.05) is 24.3 Å². The van der Waals surface area contributed by atoms with E-state index >= 15 is 0 Å². The molecule has 0 bridgehead atoms. The SMILES string of the molecule is CC(O)(CN)Cc1nc(CSc2ccccc2Br)no1. The smallest absolute Gasteiger partial charge is 0.229 e.